The van der Waals surface area contributed by atoms with Gasteiger partial charge in [0, 0.05) is 13.1 Å². The molecule has 5 aliphatic carbocycles. The van der Waals surface area contributed by atoms with Crippen molar-refractivity contribution >= 4 is 5.78 Å². The third-order valence-electron chi connectivity index (χ3n) is 9.12. The number of carbonyl (C=O) groups is 1. The van der Waals surface area contributed by atoms with Crippen molar-refractivity contribution in [3.63, 3.8) is 0 Å². The van der Waals surface area contributed by atoms with Crippen LogP contribution in [0.3, 0.4) is 0 Å². The Bertz CT molecular complexity index is 629. The second kappa shape index (κ2) is 4.54. The minimum atomic E-state index is -0.501. The molecule has 2 unspecified atom stereocenters. The van der Waals surface area contributed by atoms with Crippen LogP contribution in [-0.4, -0.2) is 42.0 Å². The molecule has 4 bridgehead atoms. The summed E-state index contributed by atoms with van der Waals surface area (Å²) in [5.41, 5.74) is 0.881. The Hall–Kier alpha value is -0.670. The molecule has 6 aliphatic rings. The Morgan fingerprint density at radius 3 is 2.75 bits per heavy atom. The molecule has 1 heterocycles. The van der Waals surface area contributed by atoms with Gasteiger partial charge in [-0.2, -0.15) is 0 Å². The lowest BCUT2D eigenvalue weighted by Gasteiger charge is -2.72. The van der Waals surface area contributed by atoms with Gasteiger partial charge < -0.3 is 10.0 Å². The predicted molar refractivity (Wildman–Crippen MR) is 93.4 cm³/mol. The highest BCUT2D eigenvalue weighted by atomic mass is 16.3. The zero-order chi connectivity index (χ0) is 16.9. The summed E-state index contributed by atoms with van der Waals surface area (Å²) in [7, 11) is 2.26. The fraction of sp³-hybridized carbons (Fsp3) is 0.857. The number of hydrogen-bond donors (Lipinski definition) is 1. The van der Waals surface area contributed by atoms with Crippen molar-refractivity contribution in [1.82, 2.24) is 4.90 Å². The number of likely N-dealkylation sites (tertiary alicyclic amines) is 1. The summed E-state index contributed by atoms with van der Waals surface area (Å²) < 4.78 is 0. The number of rotatable bonds is 0. The van der Waals surface area contributed by atoms with Gasteiger partial charge in [-0.1, -0.05) is 19.9 Å². The van der Waals surface area contributed by atoms with E-state index in [0.717, 1.165) is 44.3 Å². The smallest absolute Gasteiger partial charge is 0.167 e. The van der Waals surface area contributed by atoms with Crippen LogP contribution in [0.5, 0.6) is 0 Å². The number of piperidine rings is 1. The Labute approximate surface area is 145 Å². The summed E-state index contributed by atoms with van der Waals surface area (Å²) in [6, 6.07) is 0. The van der Waals surface area contributed by atoms with Gasteiger partial charge in [-0.05, 0) is 79.7 Å². The Morgan fingerprint density at radius 2 is 1.96 bits per heavy atom. The van der Waals surface area contributed by atoms with E-state index in [-0.39, 0.29) is 11.2 Å². The van der Waals surface area contributed by atoms with E-state index in [1.165, 1.54) is 19.3 Å². The zero-order valence-corrected chi connectivity index (χ0v) is 15.2. The molecule has 3 nitrogen and oxygen atoms in total. The van der Waals surface area contributed by atoms with Gasteiger partial charge in [-0.15, -0.1) is 0 Å². The van der Waals surface area contributed by atoms with Crippen molar-refractivity contribution in [2.75, 3.05) is 20.1 Å². The summed E-state index contributed by atoms with van der Waals surface area (Å²) in [5.74, 6) is 1.57. The highest BCUT2D eigenvalue weighted by Crippen LogP contribution is 2.72. The zero-order valence-electron chi connectivity index (χ0n) is 15.2. The number of Topliss-reactive ketones (excluding diaryl/α,β-unsaturated/α-hetero) is 1. The van der Waals surface area contributed by atoms with Gasteiger partial charge in [0.05, 0.1) is 11.5 Å². The fourth-order valence-electron chi connectivity index (χ4n) is 8.47. The van der Waals surface area contributed by atoms with Gasteiger partial charge in [0.25, 0.3) is 0 Å². The first-order chi connectivity index (χ1) is 11.3. The molecule has 0 aromatic rings. The molecule has 1 aliphatic heterocycles. The van der Waals surface area contributed by atoms with Gasteiger partial charge in [0.1, 0.15) is 0 Å². The monoisotopic (exact) mass is 329 g/mol. The second-order valence-corrected chi connectivity index (χ2v) is 10.1. The molecule has 1 spiro atoms. The molecule has 132 valence electrons. The highest BCUT2D eigenvalue weighted by molar-refractivity contribution is 6.02. The molecule has 0 radical (unpaired) electrons. The average molecular weight is 329 g/mol. The first-order valence-corrected chi connectivity index (χ1v) is 9.94. The number of fused-ring (bicyclic) bond motifs is 2. The molecule has 0 aromatic heterocycles. The lowest BCUT2D eigenvalue weighted by molar-refractivity contribution is -0.242. The average Bonchev–Trinajstić information content (AvgIpc) is 2.52. The number of allylic oxidation sites excluding steroid dienone is 1. The van der Waals surface area contributed by atoms with Gasteiger partial charge in [-0.25, -0.2) is 0 Å². The Morgan fingerprint density at radius 1 is 1.17 bits per heavy atom. The normalized spacial score (nSPS) is 56.8. The van der Waals surface area contributed by atoms with E-state index in [9.17, 15) is 9.90 Å². The molecule has 0 amide bonds. The molecule has 1 saturated heterocycles. The number of ketones is 1. The minimum Gasteiger partial charge on any atom is -0.392 e. The fourth-order valence-corrected chi connectivity index (χ4v) is 8.47. The molecule has 5 saturated carbocycles. The second-order valence-electron chi connectivity index (χ2n) is 10.1. The first kappa shape index (κ1) is 15.6. The van der Waals surface area contributed by atoms with Gasteiger partial charge in [0.2, 0.25) is 0 Å². The Kier molecular flexibility index (Phi) is 2.94. The van der Waals surface area contributed by atoms with E-state index in [2.05, 4.69) is 25.5 Å². The van der Waals surface area contributed by atoms with E-state index < -0.39 is 11.5 Å². The summed E-state index contributed by atoms with van der Waals surface area (Å²) in [6.07, 6.45) is 7.27. The molecule has 6 fully saturated rings. The van der Waals surface area contributed by atoms with Gasteiger partial charge >= 0.3 is 0 Å². The largest absolute Gasteiger partial charge is 0.392 e. The van der Waals surface area contributed by atoms with E-state index in [1.54, 1.807) is 0 Å². The van der Waals surface area contributed by atoms with Crippen LogP contribution in [0.2, 0.25) is 0 Å². The molecular weight excluding hydrogens is 298 g/mol. The number of carbonyl (C=O) groups excluding carboxylic acids is 1. The third kappa shape index (κ3) is 1.55. The molecule has 0 aromatic carbocycles. The molecule has 6 rings (SSSR count). The van der Waals surface area contributed by atoms with E-state index in [1.807, 2.05) is 0 Å². The molecule has 1 N–H and O–H groups in total. The third-order valence-corrected chi connectivity index (χ3v) is 9.12. The van der Waals surface area contributed by atoms with Crippen molar-refractivity contribution in [3.05, 3.63) is 12.2 Å². The van der Waals surface area contributed by atoms with Crippen molar-refractivity contribution in [3.8, 4) is 0 Å². The number of hydrogen-bond acceptors (Lipinski definition) is 3. The molecule has 7 atom stereocenters. The molecule has 3 heteroatoms. The number of nitrogens with zero attached hydrogens (tertiary/aromatic N) is 1. The lowest BCUT2D eigenvalue weighted by Crippen LogP contribution is -2.73. The van der Waals surface area contributed by atoms with Crippen LogP contribution in [0, 0.1) is 34.0 Å². The van der Waals surface area contributed by atoms with E-state index in [0.29, 0.717) is 23.2 Å². The first-order valence-electron chi connectivity index (χ1n) is 9.94. The predicted octanol–water partition coefficient (Wildman–Crippen LogP) is 3.03. The minimum absolute atomic E-state index is 0.232. The lowest BCUT2D eigenvalue weighted by atomic mass is 9.34. The number of aliphatic hydroxyl groups excluding tert-OH is 1. The maximum Gasteiger partial charge on any atom is 0.167 e. The summed E-state index contributed by atoms with van der Waals surface area (Å²) in [5, 5.41) is 11.3. The van der Waals surface area contributed by atoms with Crippen LogP contribution in [0.25, 0.3) is 0 Å². The van der Waals surface area contributed by atoms with Crippen molar-refractivity contribution < 1.29 is 9.90 Å². The SMILES string of the molecule is C=C1C(=O)[C@]23CC[C@H]1CC2[C@@]12CCC[C@@](C)(CN(C)C1)C2C[C@H]3O. The maximum absolute atomic E-state index is 13.3. The van der Waals surface area contributed by atoms with Crippen molar-refractivity contribution in [2.45, 2.75) is 58.0 Å². The van der Waals surface area contributed by atoms with Crippen LogP contribution in [0.15, 0.2) is 12.2 Å². The quantitative estimate of drug-likeness (QED) is 0.695. The van der Waals surface area contributed by atoms with Crippen LogP contribution < -0.4 is 0 Å². The van der Waals surface area contributed by atoms with Gasteiger partial charge in [-0.3, -0.25) is 4.79 Å². The molecule has 24 heavy (non-hydrogen) atoms. The highest BCUT2D eigenvalue weighted by Gasteiger charge is 2.72. The van der Waals surface area contributed by atoms with Crippen LogP contribution in [0.1, 0.15) is 51.9 Å². The Balaban J connectivity index is 1.68. The van der Waals surface area contributed by atoms with Crippen LogP contribution in [0.4, 0.5) is 0 Å². The van der Waals surface area contributed by atoms with Crippen molar-refractivity contribution in [1.29, 1.82) is 0 Å². The van der Waals surface area contributed by atoms with Crippen molar-refractivity contribution in [2.24, 2.45) is 34.0 Å². The topological polar surface area (TPSA) is 40.5 Å². The summed E-state index contributed by atoms with van der Waals surface area (Å²) in [6.45, 7) is 8.86. The molecular formula is C21H31NO2. The van der Waals surface area contributed by atoms with Crippen LogP contribution in [-0.2, 0) is 4.79 Å². The van der Waals surface area contributed by atoms with Gasteiger partial charge in [0.15, 0.2) is 5.78 Å². The summed E-state index contributed by atoms with van der Waals surface area (Å²) >= 11 is 0. The van der Waals surface area contributed by atoms with E-state index >= 15 is 0 Å². The van der Waals surface area contributed by atoms with E-state index in [4.69, 9.17) is 0 Å². The van der Waals surface area contributed by atoms with Crippen LogP contribution >= 0.6 is 0 Å². The maximum atomic E-state index is 13.3. The summed E-state index contributed by atoms with van der Waals surface area (Å²) in [4.78, 5) is 15.8. The number of aliphatic hydroxyl groups is 1. The standard InChI is InChI=1S/C21H31NO2/c1-13-14-5-8-21(18(13)24)16(9-14)20-7-4-6-19(2,11-22(3)12-20)15(20)10-17(21)23/h14-17,23H,1,4-12H2,2-3H3/t14-,15?,16?,17+,19-,20-,21+/m0/s1.